The second-order valence-corrected chi connectivity index (χ2v) is 6.42. The highest BCUT2D eigenvalue weighted by Gasteiger charge is 2.26. The lowest BCUT2D eigenvalue weighted by Crippen LogP contribution is -2.32. The lowest BCUT2D eigenvalue weighted by Gasteiger charge is -2.30. The molecule has 0 amide bonds. The third-order valence-electron chi connectivity index (χ3n) is 4.81. The maximum atomic E-state index is 12.2. The van der Waals surface area contributed by atoms with Gasteiger partial charge in [-0.05, 0) is 30.9 Å². The lowest BCUT2D eigenvalue weighted by atomic mass is 9.95. The first-order valence-electron chi connectivity index (χ1n) is 8.72. The van der Waals surface area contributed by atoms with E-state index >= 15 is 0 Å². The van der Waals surface area contributed by atoms with Crippen molar-refractivity contribution in [3.63, 3.8) is 0 Å². The van der Waals surface area contributed by atoms with Gasteiger partial charge >= 0.3 is 5.97 Å². The van der Waals surface area contributed by atoms with Crippen molar-refractivity contribution in [1.29, 1.82) is 0 Å². The Hall–Kier alpha value is -2.88. The zero-order chi connectivity index (χ0) is 17.2. The van der Waals surface area contributed by atoms with Crippen LogP contribution in [0, 0.1) is 0 Å². The van der Waals surface area contributed by atoms with Crippen LogP contribution in [0.3, 0.4) is 0 Å². The predicted octanol–water partition coefficient (Wildman–Crippen LogP) is 4.59. The topological polar surface area (TPSA) is 53.4 Å². The summed E-state index contributed by atoms with van der Waals surface area (Å²) in [7, 11) is 0. The van der Waals surface area contributed by atoms with Crippen molar-refractivity contribution in [2.24, 2.45) is 0 Å². The molecule has 1 aromatic heterocycles. The number of fused-ring (bicyclic) bond motifs is 1. The number of pyridine rings is 1. The predicted molar refractivity (Wildman–Crippen MR) is 100 cm³/mol. The average Bonchev–Trinajstić information content (AvgIpc) is 2.67. The van der Waals surface area contributed by atoms with Gasteiger partial charge in [0.1, 0.15) is 11.4 Å². The van der Waals surface area contributed by atoms with Gasteiger partial charge in [-0.25, -0.2) is 9.78 Å². The van der Waals surface area contributed by atoms with Gasteiger partial charge in [0.15, 0.2) is 0 Å². The normalized spacial score (nSPS) is 14.6. The van der Waals surface area contributed by atoms with Crippen molar-refractivity contribution < 1.29 is 9.90 Å². The van der Waals surface area contributed by atoms with Crippen LogP contribution in [0.15, 0.2) is 54.6 Å². The number of carboxylic acid groups (broad SMARTS) is 1. The first kappa shape index (κ1) is 15.6. The number of benzene rings is 2. The summed E-state index contributed by atoms with van der Waals surface area (Å²) in [5.41, 5.74) is 2.83. The zero-order valence-corrected chi connectivity index (χ0v) is 14.0. The molecule has 1 fully saturated rings. The van der Waals surface area contributed by atoms with E-state index in [9.17, 15) is 9.90 Å². The Balaban J connectivity index is 2.05. The van der Waals surface area contributed by atoms with Crippen LogP contribution in [0.5, 0.6) is 0 Å². The summed E-state index contributed by atoms with van der Waals surface area (Å²) in [5.74, 6) is -0.317. The number of carbonyl (C=O) groups is 1. The molecule has 4 nitrogen and oxygen atoms in total. The van der Waals surface area contributed by atoms with Crippen LogP contribution in [0.1, 0.15) is 29.6 Å². The van der Waals surface area contributed by atoms with Crippen molar-refractivity contribution >= 4 is 22.7 Å². The highest BCUT2D eigenvalue weighted by atomic mass is 16.4. The first-order valence-corrected chi connectivity index (χ1v) is 8.72. The summed E-state index contributed by atoms with van der Waals surface area (Å²) in [6.07, 6.45) is 3.35. The highest BCUT2D eigenvalue weighted by Crippen LogP contribution is 2.37. The Morgan fingerprint density at radius 1 is 0.920 bits per heavy atom. The molecule has 3 aromatic rings. The maximum absolute atomic E-state index is 12.2. The number of carboxylic acids is 1. The molecule has 1 saturated heterocycles. The molecule has 4 heteroatoms. The van der Waals surface area contributed by atoms with E-state index in [1.807, 2.05) is 54.6 Å². The van der Waals surface area contributed by atoms with Crippen molar-refractivity contribution in [3.8, 4) is 11.1 Å². The molecular weight excluding hydrogens is 312 g/mol. The van der Waals surface area contributed by atoms with Gasteiger partial charge in [-0.2, -0.15) is 0 Å². The third kappa shape index (κ3) is 2.84. The molecule has 2 heterocycles. The Labute approximate surface area is 146 Å². The number of rotatable bonds is 3. The summed E-state index contributed by atoms with van der Waals surface area (Å²) >= 11 is 0. The van der Waals surface area contributed by atoms with E-state index in [1.54, 1.807) is 0 Å². The second-order valence-electron chi connectivity index (χ2n) is 6.42. The molecule has 1 N–H and O–H groups in total. The molecule has 0 radical (unpaired) electrons. The number of para-hydroxylation sites is 1. The summed E-state index contributed by atoms with van der Waals surface area (Å²) in [6, 6.07) is 17.6. The Kier molecular flexibility index (Phi) is 4.10. The molecular formula is C21H20N2O2. The number of nitrogens with zero attached hydrogens (tertiary/aromatic N) is 2. The summed E-state index contributed by atoms with van der Waals surface area (Å²) < 4.78 is 0. The van der Waals surface area contributed by atoms with Crippen LogP contribution < -0.4 is 4.90 Å². The van der Waals surface area contributed by atoms with Gasteiger partial charge in [0, 0.05) is 24.0 Å². The van der Waals surface area contributed by atoms with Crippen molar-refractivity contribution in [2.75, 3.05) is 18.0 Å². The monoisotopic (exact) mass is 332 g/mol. The minimum absolute atomic E-state index is 0.312. The van der Waals surface area contributed by atoms with Gasteiger partial charge in [-0.1, -0.05) is 48.5 Å². The van der Waals surface area contributed by atoms with Gasteiger partial charge in [-0.3, -0.25) is 0 Å². The second kappa shape index (κ2) is 6.55. The number of aromatic nitrogens is 1. The minimum Gasteiger partial charge on any atom is -0.478 e. The fourth-order valence-electron chi connectivity index (χ4n) is 3.64. The van der Waals surface area contributed by atoms with E-state index in [0.717, 1.165) is 48.0 Å². The fraction of sp³-hybridized carbons (Fsp3) is 0.238. The molecule has 25 heavy (non-hydrogen) atoms. The van der Waals surface area contributed by atoms with E-state index < -0.39 is 5.97 Å². The number of aromatic carboxylic acids is 1. The Morgan fingerprint density at radius 3 is 2.32 bits per heavy atom. The molecule has 0 bridgehead atoms. The average molecular weight is 332 g/mol. The van der Waals surface area contributed by atoms with E-state index in [-0.39, 0.29) is 0 Å². The zero-order valence-electron chi connectivity index (χ0n) is 14.0. The molecule has 0 atom stereocenters. The van der Waals surface area contributed by atoms with Crippen LogP contribution in [0.25, 0.3) is 22.0 Å². The van der Waals surface area contributed by atoms with Gasteiger partial charge in [0.25, 0.3) is 0 Å². The van der Waals surface area contributed by atoms with E-state index in [0.29, 0.717) is 11.4 Å². The summed E-state index contributed by atoms with van der Waals surface area (Å²) in [5, 5.41) is 10.9. The van der Waals surface area contributed by atoms with Gasteiger partial charge in [0.2, 0.25) is 0 Å². The summed E-state index contributed by atoms with van der Waals surface area (Å²) in [4.78, 5) is 19.1. The highest BCUT2D eigenvalue weighted by molar-refractivity contribution is 6.10. The van der Waals surface area contributed by atoms with Crippen molar-refractivity contribution in [2.45, 2.75) is 19.3 Å². The third-order valence-corrected chi connectivity index (χ3v) is 4.81. The standard InChI is InChI=1S/C21H20N2O2/c24-21(25)19-18(15-9-3-1-4-10-15)16-11-5-6-12-17(16)22-20(19)23-13-7-2-8-14-23/h1,3-6,9-12H,2,7-8,13-14H2,(H,24,25). The van der Waals surface area contributed by atoms with E-state index in [2.05, 4.69) is 4.90 Å². The number of hydrogen-bond acceptors (Lipinski definition) is 3. The molecule has 0 saturated carbocycles. The first-order chi connectivity index (χ1) is 12.3. The molecule has 126 valence electrons. The molecule has 0 spiro atoms. The van der Waals surface area contributed by atoms with Gasteiger partial charge in [-0.15, -0.1) is 0 Å². The quantitative estimate of drug-likeness (QED) is 0.762. The van der Waals surface area contributed by atoms with E-state index in [4.69, 9.17) is 4.98 Å². The summed E-state index contributed by atoms with van der Waals surface area (Å²) in [6.45, 7) is 1.72. The van der Waals surface area contributed by atoms with Crippen molar-refractivity contribution in [3.05, 3.63) is 60.2 Å². The maximum Gasteiger partial charge on any atom is 0.340 e. The Morgan fingerprint density at radius 2 is 1.60 bits per heavy atom. The van der Waals surface area contributed by atoms with Gasteiger partial charge in [0.05, 0.1) is 5.52 Å². The van der Waals surface area contributed by atoms with Crippen LogP contribution in [0.4, 0.5) is 5.82 Å². The molecule has 0 unspecified atom stereocenters. The largest absolute Gasteiger partial charge is 0.478 e. The van der Waals surface area contributed by atoms with Gasteiger partial charge < -0.3 is 10.0 Å². The Bertz CT molecular complexity index is 916. The lowest BCUT2D eigenvalue weighted by molar-refractivity contribution is 0.0698. The fourth-order valence-corrected chi connectivity index (χ4v) is 3.64. The molecule has 4 rings (SSSR count). The number of hydrogen-bond donors (Lipinski definition) is 1. The molecule has 0 aliphatic carbocycles. The minimum atomic E-state index is -0.919. The van der Waals surface area contributed by atoms with Crippen LogP contribution in [-0.4, -0.2) is 29.1 Å². The van der Waals surface area contributed by atoms with Crippen LogP contribution in [-0.2, 0) is 0 Å². The molecule has 1 aliphatic rings. The van der Waals surface area contributed by atoms with Crippen LogP contribution in [0.2, 0.25) is 0 Å². The van der Waals surface area contributed by atoms with Crippen molar-refractivity contribution in [1.82, 2.24) is 4.98 Å². The molecule has 1 aliphatic heterocycles. The van der Waals surface area contributed by atoms with E-state index in [1.165, 1.54) is 6.42 Å². The van der Waals surface area contributed by atoms with Crippen LogP contribution >= 0.6 is 0 Å². The smallest absolute Gasteiger partial charge is 0.340 e. The number of anilines is 1. The number of piperidine rings is 1. The SMILES string of the molecule is O=C(O)c1c(N2CCCCC2)nc2ccccc2c1-c1ccccc1. The molecule has 2 aromatic carbocycles.